The minimum Gasteiger partial charge on any atom is -0.368 e. The van der Waals surface area contributed by atoms with Gasteiger partial charge in [-0.25, -0.2) is 0 Å². The lowest BCUT2D eigenvalue weighted by atomic mass is 9.92. The van der Waals surface area contributed by atoms with Gasteiger partial charge in [-0.2, -0.15) is 0 Å². The molecule has 1 heterocycles. The summed E-state index contributed by atoms with van der Waals surface area (Å²) in [6.07, 6.45) is 2.81. The second-order valence-corrected chi connectivity index (χ2v) is 6.39. The number of aryl methyl sites for hydroxylation is 2. The first-order chi connectivity index (χ1) is 8.57. The van der Waals surface area contributed by atoms with E-state index >= 15 is 0 Å². The first kappa shape index (κ1) is 12.0. The number of nitrogens with zero attached hydrogens (tertiary/aromatic N) is 1. The maximum atomic E-state index is 3.74. The fourth-order valence-electron chi connectivity index (χ4n) is 3.36. The summed E-state index contributed by atoms with van der Waals surface area (Å²) in [5.41, 5.74) is 4.48. The Bertz CT molecular complexity index is 430. The number of rotatable bonds is 2. The third-order valence-corrected chi connectivity index (χ3v) is 4.48. The molecule has 0 amide bonds. The number of nitrogens with one attached hydrogen (secondary N) is 1. The van der Waals surface area contributed by atoms with Gasteiger partial charge < -0.3 is 10.2 Å². The molecule has 1 atom stereocenters. The van der Waals surface area contributed by atoms with E-state index in [0.717, 1.165) is 25.6 Å². The molecule has 0 aromatic heterocycles. The zero-order chi connectivity index (χ0) is 12.8. The van der Waals surface area contributed by atoms with Crippen molar-refractivity contribution in [2.45, 2.75) is 39.2 Å². The van der Waals surface area contributed by atoms with Crippen LogP contribution in [0, 0.1) is 19.8 Å². The van der Waals surface area contributed by atoms with E-state index < -0.39 is 0 Å². The van der Waals surface area contributed by atoms with Crippen molar-refractivity contribution >= 4 is 5.69 Å². The lowest BCUT2D eigenvalue weighted by molar-refractivity contribution is 0.285. The lowest BCUT2D eigenvalue weighted by Gasteiger charge is -2.43. The highest BCUT2D eigenvalue weighted by atomic mass is 15.2. The van der Waals surface area contributed by atoms with Gasteiger partial charge in [0.05, 0.1) is 0 Å². The number of piperazine rings is 1. The summed E-state index contributed by atoms with van der Waals surface area (Å²) in [6.45, 7) is 10.2. The molecule has 1 saturated heterocycles. The van der Waals surface area contributed by atoms with Crippen LogP contribution >= 0.6 is 0 Å². The van der Waals surface area contributed by atoms with Crippen molar-refractivity contribution < 1.29 is 0 Å². The first-order valence-corrected chi connectivity index (χ1v) is 7.15. The van der Waals surface area contributed by atoms with Gasteiger partial charge in [-0.1, -0.05) is 6.07 Å². The number of anilines is 1. The SMILES string of the molecule is Cc1cc(C)cc(N2CCNC(C)(C3CC3)C2)c1. The molecule has 2 fully saturated rings. The van der Waals surface area contributed by atoms with Crippen LogP contribution in [0.1, 0.15) is 30.9 Å². The summed E-state index contributed by atoms with van der Waals surface area (Å²) >= 11 is 0. The van der Waals surface area contributed by atoms with Gasteiger partial charge in [0, 0.05) is 30.9 Å². The van der Waals surface area contributed by atoms with E-state index in [0.29, 0.717) is 5.54 Å². The van der Waals surface area contributed by atoms with Gasteiger partial charge >= 0.3 is 0 Å². The van der Waals surface area contributed by atoms with E-state index in [2.05, 4.69) is 49.2 Å². The van der Waals surface area contributed by atoms with Gasteiger partial charge in [0.25, 0.3) is 0 Å². The Hall–Kier alpha value is -1.02. The van der Waals surface area contributed by atoms with Crippen LogP contribution in [0.5, 0.6) is 0 Å². The van der Waals surface area contributed by atoms with E-state index in [1.54, 1.807) is 0 Å². The Kier molecular flexibility index (Phi) is 2.86. The Balaban J connectivity index is 1.83. The molecule has 0 spiro atoms. The van der Waals surface area contributed by atoms with Gasteiger partial charge in [0.15, 0.2) is 0 Å². The molecule has 2 aliphatic rings. The van der Waals surface area contributed by atoms with E-state index in [-0.39, 0.29) is 0 Å². The van der Waals surface area contributed by atoms with Gasteiger partial charge in [-0.3, -0.25) is 0 Å². The standard InChI is InChI=1S/C16H24N2/c1-12-8-13(2)10-15(9-12)18-7-6-17-16(3,11-18)14-4-5-14/h8-10,14,17H,4-7,11H2,1-3H3. The molecule has 2 heteroatoms. The molecule has 2 nitrogen and oxygen atoms in total. The first-order valence-electron chi connectivity index (χ1n) is 7.15. The number of hydrogen-bond acceptors (Lipinski definition) is 2. The van der Waals surface area contributed by atoms with E-state index in [1.165, 1.54) is 29.7 Å². The summed E-state index contributed by atoms with van der Waals surface area (Å²) in [4.78, 5) is 2.56. The van der Waals surface area contributed by atoms with E-state index in [4.69, 9.17) is 0 Å². The largest absolute Gasteiger partial charge is 0.368 e. The fourth-order valence-corrected chi connectivity index (χ4v) is 3.36. The maximum absolute atomic E-state index is 3.74. The summed E-state index contributed by atoms with van der Waals surface area (Å²) in [6, 6.07) is 6.91. The van der Waals surface area contributed by atoms with Crippen molar-refractivity contribution in [3.05, 3.63) is 29.3 Å². The molecule has 98 valence electrons. The quantitative estimate of drug-likeness (QED) is 0.860. The van der Waals surface area contributed by atoms with Crippen LogP contribution in [0.2, 0.25) is 0 Å². The van der Waals surface area contributed by atoms with Crippen LogP contribution in [0.3, 0.4) is 0 Å². The molecule has 1 N–H and O–H groups in total. The van der Waals surface area contributed by atoms with Crippen molar-refractivity contribution in [2.24, 2.45) is 5.92 Å². The molecule has 1 unspecified atom stereocenters. The molecule has 0 radical (unpaired) electrons. The van der Waals surface area contributed by atoms with Gasteiger partial charge in [-0.15, -0.1) is 0 Å². The Morgan fingerprint density at radius 1 is 1.17 bits per heavy atom. The summed E-state index contributed by atoms with van der Waals surface area (Å²) < 4.78 is 0. The van der Waals surface area contributed by atoms with Crippen LogP contribution in [0.4, 0.5) is 5.69 Å². The zero-order valence-corrected chi connectivity index (χ0v) is 11.8. The van der Waals surface area contributed by atoms with Crippen LogP contribution in [-0.2, 0) is 0 Å². The highest BCUT2D eigenvalue weighted by Crippen LogP contribution is 2.41. The molecular formula is C16H24N2. The third kappa shape index (κ3) is 2.26. The molecule has 1 saturated carbocycles. The lowest BCUT2D eigenvalue weighted by Crippen LogP contribution is -2.60. The predicted octanol–water partition coefficient (Wildman–Crippen LogP) is 2.88. The Morgan fingerprint density at radius 2 is 1.83 bits per heavy atom. The molecule has 18 heavy (non-hydrogen) atoms. The van der Waals surface area contributed by atoms with Crippen molar-refractivity contribution in [3.8, 4) is 0 Å². The normalized spacial score (nSPS) is 28.5. The second-order valence-electron chi connectivity index (χ2n) is 6.39. The maximum Gasteiger partial charge on any atom is 0.0372 e. The summed E-state index contributed by atoms with van der Waals surface area (Å²) in [7, 11) is 0. The van der Waals surface area contributed by atoms with Gasteiger partial charge in [0.1, 0.15) is 0 Å². The van der Waals surface area contributed by atoms with Gasteiger partial charge in [0.2, 0.25) is 0 Å². The number of hydrogen-bond donors (Lipinski definition) is 1. The third-order valence-electron chi connectivity index (χ3n) is 4.48. The fraction of sp³-hybridized carbons (Fsp3) is 0.625. The van der Waals surface area contributed by atoms with Crippen molar-refractivity contribution in [2.75, 3.05) is 24.5 Å². The minimum absolute atomic E-state index is 0.329. The average molecular weight is 244 g/mol. The average Bonchev–Trinajstić information content (AvgIpc) is 3.11. The van der Waals surface area contributed by atoms with Crippen molar-refractivity contribution in [3.63, 3.8) is 0 Å². The Morgan fingerprint density at radius 3 is 2.44 bits per heavy atom. The molecule has 1 aliphatic carbocycles. The van der Waals surface area contributed by atoms with Crippen LogP contribution in [0.25, 0.3) is 0 Å². The molecule has 0 bridgehead atoms. The highest BCUT2D eigenvalue weighted by Gasteiger charge is 2.43. The topological polar surface area (TPSA) is 15.3 Å². The van der Waals surface area contributed by atoms with Crippen LogP contribution in [0.15, 0.2) is 18.2 Å². The molecule has 1 aromatic rings. The van der Waals surface area contributed by atoms with E-state index in [9.17, 15) is 0 Å². The zero-order valence-electron chi connectivity index (χ0n) is 11.8. The van der Waals surface area contributed by atoms with Crippen molar-refractivity contribution in [1.82, 2.24) is 5.32 Å². The predicted molar refractivity (Wildman–Crippen MR) is 77.3 cm³/mol. The minimum atomic E-state index is 0.329. The summed E-state index contributed by atoms with van der Waals surface area (Å²) in [5.74, 6) is 0.895. The van der Waals surface area contributed by atoms with Gasteiger partial charge in [-0.05, 0) is 62.8 Å². The molecular weight excluding hydrogens is 220 g/mol. The highest BCUT2D eigenvalue weighted by molar-refractivity contribution is 5.52. The molecule has 1 aromatic carbocycles. The van der Waals surface area contributed by atoms with Crippen molar-refractivity contribution in [1.29, 1.82) is 0 Å². The second kappa shape index (κ2) is 4.27. The summed E-state index contributed by atoms with van der Waals surface area (Å²) in [5, 5.41) is 3.74. The van der Waals surface area contributed by atoms with Crippen LogP contribution < -0.4 is 10.2 Å². The monoisotopic (exact) mass is 244 g/mol. The Labute approximate surface area is 110 Å². The molecule has 3 rings (SSSR count). The van der Waals surface area contributed by atoms with Crippen LogP contribution in [-0.4, -0.2) is 25.2 Å². The number of benzene rings is 1. The smallest absolute Gasteiger partial charge is 0.0372 e. The van der Waals surface area contributed by atoms with E-state index in [1.807, 2.05) is 0 Å². The molecule has 1 aliphatic heterocycles.